The number of halogens is 2. The first-order valence-electron chi connectivity index (χ1n) is 6.41. The third-order valence-electron chi connectivity index (χ3n) is 2.77. The average Bonchev–Trinajstić information content (AvgIpc) is 2.36. The molecule has 0 spiro atoms. The predicted molar refractivity (Wildman–Crippen MR) is 74.8 cm³/mol. The Kier molecular flexibility index (Phi) is 7.31. The molecule has 0 saturated heterocycles. The standard InChI is InChI=1S/C14H21ClFNO2/c1-3-18-14(17)13(19-8-4-7-15)12-6-5-11(16)9-10(12)2/h5-6,9,13-14H,3-4,7-8,17H2,1-2H3. The zero-order valence-electron chi connectivity index (χ0n) is 11.4. The summed E-state index contributed by atoms with van der Waals surface area (Å²) in [6, 6.07) is 4.56. The predicted octanol–water partition coefficient (Wildman–Crippen LogP) is 3.14. The van der Waals surface area contributed by atoms with Crippen molar-refractivity contribution in [2.75, 3.05) is 19.1 Å². The van der Waals surface area contributed by atoms with Crippen molar-refractivity contribution in [1.29, 1.82) is 0 Å². The molecule has 2 N–H and O–H groups in total. The molecule has 0 fully saturated rings. The highest BCUT2D eigenvalue weighted by molar-refractivity contribution is 6.17. The number of aryl methyl sites for hydroxylation is 1. The van der Waals surface area contributed by atoms with Gasteiger partial charge in [-0.1, -0.05) is 6.07 Å². The molecule has 5 heteroatoms. The van der Waals surface area contributed by atoms with Crippen LogP contribution >= 0.6 is 11.6 Å². The van der Waals surface area contributed by atoms with E-state index in [1.54, 1.807) is 6.07 Å². The highest BCUT2D eigenvalue weighted by Gasteiger charge is 2.22. The van der Waals surface area contributed by atoms with E-state index in [2.05, 4.69) is 0 Å². The van der Waals surface area contributed by atoms with Crippen molar-refractivity contribution in [2.45, 2.75) is 32.6 Å². The highest BCUT2D eigenvalue weighted by Crippen LogP contribution is 2.25. The molecule has 0 amide bonds. The Morgan fingerprint density at radius 3 is 2.68 bits per heavy atom. The Bertz CT molecular complexity index is 390. The van der Waals surface area contributed by atoms with Crippen LogP contribution < -0.4 is 5.73 Å². The molecule has 0 bridgehead atoms. The van der Waals surface area contributed by atoms with Gasteiger partial charge in [0.2, 0.25) is 0 Å². The molecule has 0 saturated carbocycles. The third-order valence-corrected chi connectivity index (χ3v) is 3.04. The number of alkyl halides is 1. The van der Waals surface area contributed by atoms with Crippen LogP contribution in [0.25, 0.3) is 0 Å². The van der Waals surface area contributed by atoms with Crippen LogP contribution in [0.4, 0.5) is 4.39 Å². The second kappa shape index (κ2) is 8.48. The molecule has 0 radical (unpaired) electrons. The summed E-state index contributed by atoms with van der Waals surface area (Å²) in [5, 5.41) is 0. The number of nitrogens with two attached hydrogens (primary N) is 1. The molecule has 1 aromatic carbocycles. The summed E-state index contributed by atoms with van der Waals surface area (Å²) in [5.41, 5.74) is 7.62. The Morgan fingerprint density at radius 1 is 1.37 bits per heavy atom. The van der Waals surface area contributed by atoms with Crippen molar-refractivity contribution in [3.05, 3.63) is 35.1 Å². The molecule has 0 heterocycles. The van der Waals surface area contributed by atoms with Gasteiger partial charge in [-0.15, -0.1) is 11.6 Å². The molecule has 0 aliphatic heterocycles. The second-order valence-corrected chi connectivity index (χ2v) is 4.63. The SMILES string of the molecule is CCOC(N)C(OCCCCl)c1ccc(F)cc1C. The van der Waals surface area contributed by atoms with Crippen LogP contribution in [0.1, 0.15) is 30.6 Å². The number of hydrogen-bond donors (Lipinski definition) is 1. The highest BCUT2D eigenvalue weighted by atomic mass is 35.5. The van der Waals surface area contributed by atoms with E-state index in [-0.39, 0.29) is 5.82 Å². The van der Waals surface area contributed by atoms with Crippen LogP contribution in [-0.4, -0.2) is 25.3 Å². The van der Waals surface area contributed by atoms with Gasteiger partial charge in [0.25, 0.3) is 0 Å². The maximum Gasteiger partial charge on any atom is 0.136 e. The minimum Gasteiger partial charge on any atom is -0.369 e. The summed E-state index contributed by atoms with van der Waals surface area (Å²) >= 11 is 5.63. The van der Waals surface area contributed by atoms with E-state index in [4.69, 9.17) is 26.8 Å². The Hall–Kier alpha value is -0.680. The molecular weight excluding hydrogens is 269 g/mol. The fraction of sp³-hybridized carbons (Fsp3) is 0.571. The van der Waals surface area contributed by atoms with E-state index in [9.17, 15) is 4.39 Å². The first kappa shape index (κ1) is 16.4. The Morgan fingerprint density at radius 2 is 2.11 bits per heavy atom. The van der Waals surface area contributed by atoms with Crippen molar-refractivity contribution >= 4 is 11.6 Å². The average molecular weight is 290 g/mol. The molecule has 2 unspecified atom stereocenters. The largest absolute Gasteiger partial charge is 0.369 e. The summed E-state index contributed by atoms with van der Waals surface area (Å²) in [7, 11) is 0. The number of hydrogen-bond acceptors (Lipinski definition) is 3. The van der Waals surface area contributed by atoms with Crippen molar-refractivity contribution in [2.24, 2.45) is 5.73 Å². The van der Waals surface area contributed by atoms with Crippen LogP contribution in [0, 0.1) is 12.7 Å². The zero-order valence-corrected chi connectivity index (χ0v) is 12.1. The third kappa shape index (κ3) is 5.07. The summed E-state index contributed by atoms with van der Waals surface area (Å²) in [6.07, 6.45) is -0.259. The number of benzene rings is 1. The van der Waals surface area contributed by atoms with E-state index >= 15 is 0 Å². The molecule has 19 heavy (non-hydrogen) atoms. The van der Waals surface area contributed by atoms with Crippen molar-refractivity contribution in [3.63, 3.8) is 0 Å². The van der Waals surface area contributed by atoms with Crippen molar-refractivity contribution in [1.82, 2.24) is 0 Å². The van der Waals surface area contributed by atoms with Gasteiger partial charge in [-0.3, -0.25) is 0 Å². The van der Waals surface area contributed by atoms with Crippen LogP contribution in [-0.2, 0) is 9.47 Å². The van der Waals surface area contributed by atoms with E-state index < -0.39 is 12.3 Å². The van der Waals surface area contributed by atoms with Gasteiger partial charge in [0.15, 0.2) is 0 Å². The van der Waals surface area contributed by atoms with Crippen LogP contribution in [0.2, 0.25) is 0 Å². The van der Waals surface area contributed by atoms with Gasteiger partial charge in [0.1, 0.15) is 18.1 Å². The molecule has 0 aliphatic carbocycles. The molecule has 0 aliphatic rings. The van der Waals surface area contributed by atoms with Gasteiger partial charge in [-0.05, 0) is 43.5 Å². The normalized spacial score (nSPS) is 14.4. The number of ether oxygens (including phenoxy) is 2. The minimum absolute atomic E-state index is 0.272. The maximum absolute atomic E-state index is 13.1. The van der Waals surface area contributed by atoms with Crippen LogP contribution in [0.5, 0.6) is 0 Å². The first-order chi connectivity index (χ1) is 9.10. The van der Waals surface area contributed by atoms with E-state index in [0.717, 1.165) is 17.5 Å². The van der Waals surface area contributed by atoms with Crippen molar-refractivity contribution < 1.29 is 13.9 Å². The first-order valence-corrected chi connectivity index (χ1v) is 6.94. The maximum atomic E-state index is 13.1. The van der Waals surface area contributed by atoms with Crippen LogP contribution in [0.15, 0.2) is 18.2 Å². The Balaban J connectivity index is 2.87. The molecular formula is C14H21ClFNO2. The van der Waals surface area contributed by atoms with E-state index in [0.29, 0.717) is 19.1 Å². The topological polar surface area (TPSA) is 44.5 Å². The minimum atomic E-state index is -0.579. The smallest absolute Gasteiger partial charge is 0.136 e. The fourth-order valence-corrected chi connectivity index (χ4v) is 1.97. The van der Waals surface area contributed by atoms with Gasteiger partial charge in [0.05, 0.1) is 0 Å². The van der Waals surface area contributed by atoms with E-state index in [1.165, 1.54) is 12.1 Å². The zero-order chi connectivity index (χ0) is 14.3. The summed E-state index contributed by atoms with van der Waals surface area (Å²) in [6.45, 7) is 4.69. The van der Waals surface area contributed by atoms with Gasteiger partial charge in [0, 0.05) is 19.1 Å². The van der Waals surface area contributed by atoms with Gasteiger partial charge in [-0.2, -0.15) is 0 Å². The molecule has 2 atom stereocenters. The van der Waals surface area contributed by atoms with Gasteiger partial charge >= 0.3 is 0 Å². The lowest BCUT2D eigenvalue weighted by molar-refractivity contribution is -0.0696. The van der Waals surface area contributed by atoms with Crippen molar-refractivity contribution in [3.8, 4) is 0 Å². The lowest BCUT2D eigenvalue weighted by atomic mass is 10.0. The van der Waals surface area contributed by atoms with Gasteiger partial charge in [-0.25, -0.2) is 4.39 Å². The quantitative estimate of drug-likeness (QED) is 0.454. The molecule has 0 aromatic heterocycles. The van der Waals surface area contributed by atoms with Gasteiger partial charge < -0.3 is 15.2 Å². The fourth-order valence-electron chi connectivity index (χ4n) is 1.86. The number of rotatable bonds is 8. The monoisotopic (exact) mass is 289 g/mol. The summed E-state index contributed by atoms with van der Waals surface area (Å²) in [4.78, 5) is 0. The summed E-state index contributed by atoms with van der Waals surface area (Å²) < 4.78 is 24.3. The lowest BCUT2D eigenvalue weighted by Crippen LogP contribution is -2.33. The molecule has 1 aromatic rings. The molecule has 1 rings (SSSR count). The second-order valence-electron chi connectivity index (χ2n) is 4.25. The lowest BCUT2D eigenvalue weighted by Gasteiger charge is -2.25. The van der Waals surface area contributed by atoms with E-state index in [1.807, 2.05) is 13.8 Å². The summed E-state index contributed by atoms with van der Waals surface area (Å²) in [5.74, 6) is 0.254. The molecule has 3 nitrogen and oxygen atoms in total. The van der Waals surface area contributed by atoms with Crippen LogP contribution in [0.3, 0.4) is 0 Å². The molecule has 108 valence electrons. The Labute approximate surface area is 118 Å².